The molecule has 0 bridgehead atoms. The molecule has 1 rings (SSSR count). The molecule has 1 heterocycles. The molecule has 1 aromatic heterocycles. The fourth-order valence-corrected chi connectivity index (χ4v) is 2.45. The van der Waals surface area contributed by atoms with Gasteiger partial charge in [-0.3, -0.25) is 9.59 Å². The number of hydrogen-bond donors (Lipinski definition) is 2. The first-order valence-electron chi connectivity index (χ1n) is 5.68. The Hall–Kier alpha value is -1.57. The molecular weight excluding hydrogens is 293 g/mol. The Kier molecular flexibility index (Phi) is 4.48. The van der Waals surface area contributed by atoms with Crippen LogP contribution in [0, 0.1) is 5.41 Å². The number of carbonyl (C=O) groups excluding carboxylic acids is 2. The van der Waals surface area contributed by atoms with Crippen LogP contribution in [0.3, 0.4) is 0 Å². The van der Waals surface area contributed by atoms with E-state index in [-0.39, 0.29) is 0 Å². The van der Waals surface area contributed by atoms with Crippen molar-refractivity contribution in [2.24, 2.45) is 11.1 Å². The molecule has 3 N–H and O–H groups in total. The monoisotopic (exact) mass is 308 g/mol. The molecule has 20 heavy (non-hydrogen) atoms. The maximum absolute atomic E-state index is 12.7. The Morgan fingerprint density at radius 1 is 1.25 bits per heavy atom. The van der Waals surface area contributed by atoms with Gasteiger partial charge in [-0.2, -0.15) is 24.5 Å². The van der Waals surface area contributed by atoms with Crippen molar-refractivity contribution >= 4 is 23.2 Å². The lowest BCUT2D eigenvalue weighted by atomic mass is 9.86. The summed E-state index contributed by atoms with van der Waals surface area (Å²) < 4.78 is 38.1. The normalized spacial score (nSPS) is 13.9. The number of carbonyl (C=O) groups is 2. The van der Waals surface area contributed by atoms with E-state index in [9.17, 15) is 22.8 Å². The minimum absolute atomic E-state index is 0.502. The molecule has 0 aliphatic carbocycles. The fourth-order valence-electron chi connectivity index (χ4n) is 1.62. The van der Waals surface area contributed by atoms with Crippen molar-refractivity contribution in [3.05, 3.63) is 21.9 Å². The van der Waals surface area contributed by atoms with Gasteiger partial charge in [-0.15, -0.1) is 0 Å². The van der Waals surface area contributed by atoms with E-state index in [1.165, 1.54) is 0 Å². The maximum Gasteiger partial charge on any atom is 0.417 e. The van der Waals surface area contributed by atoms with Crippen molar-refractivity contribution in [1.29, 1.82) is 0 Å². The van der Waals surface area contributed by atoms with Crippen LogP contribution in [-0.4, -0.2) is 17.9 Å². The van der Waals surface area contributed by atoms with Crippen LogP contribution in [0.15, 0.2) is 10.8 Å². The number of nitrogens with two attached hydrogens (primary N) is 1. The zero-order valence-corrected chi connectivity index (χ0v) is 12.0. The van der Waals surface area contributed by atoms with Crippen molar-refractivity contribution in [3.63, 3.8) is 0 Å². The number of primary amides is 1. The van der Waals surface area contributed by atoms with Crippen LogP contribution in [0.5, 0.6) is 0 Å². The van der Waals surface area contributed by atoms with Crippen molar-refractivity contribution in [2.45, 2.75) is 33.0 Å². The predicted octanol–water partition coefficient (Wildman–Crippen LogP) is 2.40. The molecule has 8 heteroatoms. The van der Waals surface area contributed by atoms with E-state index < -0.39 is 40.6 Å². The summed E-state index contributed by atoms with van der Waals surface area (Å²) in [6.45, 7) is 4.96. The van der Waals surface area contributed by atoms with E-state index in [1.54, 1.807) is 20.8 Å². The van der Waals surface area contributed by atoms with E-state index >= 15 is 0 Å². The lowest BCUT2D eigenvalue weighted by Gasteiger charge is -2.28. The summed E-state index contributed by atoms with van der Waals surface area (Å²) in [6.07, 6.45) is -4.61. The van der Waals surface area contributed by atoms with Crippen molar-refractivity contribution in [1.82, 2.24) is 5.32 Å². The average molecular weight is 308 g/mol. The van der Waals surface area contributed by atoms with Crippen LogP contribution in [0.4, 0.5) is 13.2 Å². The molecule has 1 atom stereocenters. The second-order valence-corrected chi connectivity index (χ2v) is 6.12. The maximum atomic E-state index is 12.7. The number of nitrogens with one attached hydrogen (secondary N) is 1. The van der Waals surface area contributed by atoms with Gasteiger partial charge in [-0.25, -0.2) is 0 Å². The van der Waals surface area contributed by atoms with Gasteiger partial charge in [0, 0.05) is 10.8 Å². The van der Waals surface area contributed by atoms with Crippen molar-refractivity contribution < 1.29 is 22.8 Å². The van der Waals surface area contributed by atoms with Crippen LogP contribution in [0.2, 0.25) is 0 Å². The number of amides is 2. The number of halogens is 3. The topological polar surface area (TPSA) is 72.2 Å². The molecule has 0 aliphatic rings. The third-order valence-corrected chi connectivity index (χ3v) is 3.38. The minimum Gasteiger partial charge on any atom is -0.368 e. The van der Waals surface area contributed by atoms with Gasteiger partial charge in [0.05, 0.1) is 11.1 Å². The molecule has 0 saturated carbocycles. The lowest BCUT2D eigenvalue weighted by Crippen LogP contribution is -2.52. The van der Waals surface area contributed by atoms with Gasteiger partial charge in [0.25, 0.3) is 5.91 Å². The molecule has 0 radical (unpaired) electrons. The van der Waals surface area contributed by atoms with E-state index in [2.05, 4.69) is 5.32 Å². The second kappa shape index (κ2) is 5.43. The summed E-state index contributed by atoms with van der Waals surface area (Å²) >= 11 is 0.767. The van der Waals surface area contributed by atoms with E-state index in [1.807, 2.05) is 0 Å². The summed E-state index contributed by atoms with van der Waals surface area (Å²) in [5.74, 6) is -1.76. The smallest absolute Gasteiger partial charge is 0.368 e. The van der Waals surface area contributed by atoms with Crippen LogP contribution in [-0.2, 0) is 11.0 Å². The van der Waals surface area contributed by atoms with Crippen LogP contribution >= 0.6 is 11.3 Å². The summed E-state index contributed by atoms with van der Waals surface area (Å²) in [5, 5.41) is 4.21. The van der Waals surface area contributed by atoms with E-state index in [0.29, 0.717) is 0 Å². The summed E-state index contributed by atoms with van der Waals surface area (Å²) in [6, 6.07) is -1.06. The quantitative estimate of drug-likeness (QED) is 0.900. The Morgan fingerprint density at radius 2 is 1.80 bits per heavy atom. The van der Waals surface area contributed by atoms with Gasteiger partial charge in [-0.1, -0.05) is 20.8 Å². The zero-order valence-electron chi connectivity index (χ0n) is 11.2. The summed E-state index contributed by atoms with van der Waals surface area (Å²) in [4.78, 5) is 23.2. The molecule has 0 saturated heterocycles. The lowest BCUT2D eigenvalue weighted by molar-refractivity contribution is -0.137. The highest BCUT2D eigenvalue weighted by Crippen LogP contribution is 2.34. The Balaban J connectivity index is 3.03. The highest BCUT2D eigenvalue weighted by Gasteiger charge is 2.38. The van der Waals surface area contributed by atoms with Gasteiger partial charge in [0.1, 0.15) is 6.04 Å². The first-order valence-corrected chi connectivity index (χ1v) is 6.62. The fraction of sp³-hybridized carbons (Fsp3) is 0.500. The number of thiophene rings is 1. The molecule has 112 valence electrons. The third-order valence-electron chi connectivity index (χ3n) is 2.64. The Morgan fingerprint density at radius 3 is 2.20 bits per heavy atom. The Bertz CT molecular complexity index is 518. The summed E-state index contributed by atoms with van der Waals surface area (Å²) in [7, 11) is 0. The number of rotatable bonds is 3. The molecule has 4 nitrogen and oxygen atoms in total. The molecular formula is C12H15F3N2O2S. The van der Waals surface area contributed by atoms with Crippen LogP contribution < -0.4 is 11.1 Å². The highest BCUT2D eigenvalue weighted by molar-refractivity contribution is 7.08. The zero-order chi connectivity index (χ0) is 15.7. The molecule has 0 aromatic carbocycles. The predicted molar refractivity (Wildman–Crippen MR) is 69.2 cm³/mol. The molecule has 0 aliphatic heterocycles. The minimum atomic E-state index is -4.61. The molecule has 2 amide bonds. The Labute approximate surface area is 118 Å². The molecule has 0 fully saturated rings. The van der Waals surface area contributed by atoms with Crippen molar-refractivity contribution in [3.8, 4) is 0 Å². The van der Waals surface area contributed by atoms with Gasteiger partial charge in [0.2, 0.25) is 5.91 Å². The first kappa shape index (κ1) is 16.5. The van der Waals surface area contributed by atoms with Gasteiger partial charge < -0.3 is 11.1 Å². The van der Waals surface area contributed by atoms with Crippen LogP contribution in [0.1, 0.15) is 36.7 Å². The first-order chi connectivity index (χ1) is 8.94. The SMILES string of the molecule is CC(C)(C)[C@H](NC(=O)c1cscc1C(F)(F)F)C(N)=O. The summed E-state index contributed by atoms with van der Waals surface area (Å²) in [5.41, 5.74) is 2.96. The van der Waals surface area contributed by atoms with Gasteiger partial charge in [-0.05, 0) is 5.41 Å². The number of hydrogen-bond acceptors (Lipinski definition) is 3. The third kappa shape index (κ3) is 3.72. The van der Waals surface area contributed by atoms with E-state index in [4.69, 9.17) is 5.73 Å². The average Bonchev–Trinajstić information content (AvgIpc) is 2.71. The largest absolute Gasteiger partial charge is 0.417 e. The van der Waals surface area contributed by atoms with Gasteiger partial charge in [0.15, 0.2) is 0 Å². The highest BCUT2D eigenvalue weighted by atomic mass is 32.1. The van der Waals surface area contributed by atoms with Gasteiger partial charge >= 0.3 is 6.18 Å². The second-order valence-electron chi connectivity index (χ2n) is 5.37. The number of alkyl halides is 3. The van der Waals surface area contributed by atoms with E-state index in [0.717, 1.165) is 22.1 Å². The standard InChI is InChI=1S/C12H15F3N2O2S/c1-11(2,3)8(9(16)18)17-10(19)6-4-20-5-7(6)12(13,14)15/h4-5,8H,1-3H3,(H2,16,18)(H,17,19)/t8-/m1/s1. The molecule has 1 aromatic rings. The van der Waals surface area contributed by atoms with Crippen molar-refractivity contribution in [2.75, 3.05) is 0 Å². The molecule has 0 unspecified atom stereocenters. The molecule has 0 spiro atoms. The van der Waals surface area contributed by atoms with Crippen LogP contribution in [0.25, 0.3) is 0 Å².